The minimum atomic E-state index is -0.542. The van der Waals surface area contributed by atoms with Crippen molar-refractivity contribution in [3.63, 3.8) is 0 Å². The lowest BCUT2D eigenvalue weighted by Gasteiger charge is -2.05. The van der Waals surface area contributed by atoms with Gasteiger partial charge in [0.15, 0.2) is 12.4 Å². The average molecular weight is 307 g/mol. The van der Waals surface area contributed by atoms with Gasteiger partial charge in [-0.15, -0.1) is 0 Å². The number of carbonyl (C=O) groups is 1. The topological polar surface area (TPSA) is 76.1 Å². The Morgan fingerprint density at radius 3 is 2.57 bits per heavy atom. The predicted molar refractivity (Wildman–Crippen MR) is 78.1 cm³/mol. The SMILES string of the molecule is Cc1cc[n+](CC(=O)Nc2ccc([N+](=O)[O-])cc2Cl)cc1. The van der Waals surface area contributed by atoms with Crippen LogP contribution in [-0.4, -0.2) is 10.8 Å². The summed E-state index contributed by atoms with van der Waals surface area (Å²) in [5.74, 6) is -0.264. The second kappa shape index (κ2) is 6.32. The van der Waals surface area contributed by atoms with E-state index in [9.17, 15) is 14.9 Å². The van der Waals surface area contributed by atoms with Crippen LogP contribution in [-0.2, 0) is 11.3 Å². The number of nitrogens with zero attached hydrogens (tertiary/aromatic N) is 2. The van der Waals surface area contributed by atoms with Gasteiger partial charge in [-0.05, 0) is 18.6 Å². The highest BCUT2D eigenvalue weighted by atomic mass is 35.5. The average Bonchev–Trinajstić information content (AvgIpc) is 2.43. The fourth-order valence-electron chi connectivity index (χ4n) is 1.71. The van der Waals surface area contributed by atoms with Crippen LogP contribution >= 0.6 is 11.6 Å². The second-order valence-electron chi connectivity index (χ2n) is 4.52. The van der Waals surface area contributed by atoms with Crippen LogP contribution in [0.4, 0.5) is 11.4 Å². The van der Waals surface area contributed by atoms with Crippen LogP contribution < -0.4 is 9.88 Å². The lowest BCUT2D eigenvalue weighted by molar-refractivity contribution is -0.684. The molecule has 21 heavy (non-hydrogen) atoms. The highest BCUT2D eigenvalue weighted by Crippen LogP contribution is 2.26. The number of nitrogens with one attached hydrogen (secondary N) is 1. The first-order valence-corrected chi connectivity index (χ1v) is 6.53. The number of aromatic nitrogens is 1. The maximum Gasteiger partial charge on any atom is 0.290 e. The Balaban J connectivity index is 2.06. The van der Waals surface area contributed by atoms with Gasteiger partial charge < -0.3 is 5.32 Å². The van der Waals surface area contributed by atoms with Crippen molar-refractivity contribution in [2.24, 2.45) is 0 Å². The van der Waals surface area contributed by atoms with Crippen molar-refractivity contribution in [2.45, 2.75) is 13.5 Å². The smallest absolute Gasteiger partial charge is 0.290 e. The largest absolute Gasteiger partial charge is 0.319 e. The van der Waals surface area contributed by atoms with Gasteiger partial charge in [-0.2, -0.15) is 4.57 Å². The van der Waals surface area contributed by atoms with Crippen molar-refractivity contribution in [1.82, 2.24) is 0 Å². The van der Waals surface area contributed by atoms with Gasteiger partial charge in [0.1, 0.15) is 0 Å². The first-order chi connectivity index (χ1) is 9.95. The summed E-state index contributed by atoms with van der Waals surface area (Å²) in [6.07, 6.45) is 3.60. The quantitative estimate of drug-likeness (QED) is 0.535. The molecule has 0 aliphatic rings. The zero-order chi connectivity index (χ0) is 15.4. The number of hydrogen-bond donors (Lipinski definition) is 1. The molecule has 0 bridgehead atoms. The third-order valence-corrected chi connectivity index (χ3v) is 3.13. The predicted octanol–water partition coefficient (Wildman–Crippen LogP) is 2.48. The summed E-state index contributed by atoms with van der Waals surface area (Å²) in [5, 5.41) is 13.4. The van der Waals surface area contributed by atoms with E-state index in [0.29, 0.717) is 5.69 Å². The van der Waals surface area contributed by atoms with Crippen molar-refractivity contribution in [3.05, 3.63) is 63.4 Å². The van der Waals surface area contributed by atoms with E-state index in [4.69, 9.17) is 11.6 Å². The number of anilines is 1. The van der Waals surface area contributed by atoms with Crippen LogP contribution in [0.5, 0.6) is 0 Å². The Labute approximate surface area is 126 Å². The van der Waals surface area contributed by atoms with E-state index in [1.165, 1.54) is 18.2 Å². The fraction of sp³-hybridized carbons (Fsp3) is 0.143. The molecule has 108 valence electrons. The molecule has 0 aliphatic heterocycles. The summed E-state index contributed by atoms with van der Waals surface area (Å²) in [6.45, 7) is 2.09. The van der Waals surface area contributed by atoms with Crippen LogP contribution in [0.1, 0.15) is 5.56 Å². The Hall–Kier alpha value is -2.47. The summed E-state index contributed by atoms with van der Waals surface area (Å²) in [4.78, 5) is 22.0. The van der Waals surface area contributed by atoms with Gasteiger partial charge in [0.25, 0.3) is 11.6 Å². The number of pyridine rings is 1. The molecule has 0 fully saturated rings. The van der Waals surface area contributed by atoms with Gasteiger partial charge in [-0.25, -0.2) is 0 Å². The van der Waals surface area contributed by atoms with Gasteiger partial charge in [-0.3, -0.25) is 14.9 Å². The number of non-ortho nitro benzene ring substituents is 1. The van der Waals surface area contributed by atoms with Gasteiger partial charge in [0.2, 0.25) is 6.54 Å². The zero-order valence-corrected chi connectivity index (χ0v) is 12.0. The van der Waals surface area contributed by atoms with Crippen molar-refractivity contribution in [2.75, 3.05) is 5.32 Å². The van der Waals surface area contributed by atoms with Gasteiger partial charge >= 0.3 is 0 Å². The number of nitro benzene ring substituents is 1. The molecule has 0 saturated carbocycles. The molecule has 0 atom stereocenters. The van der Waals surface area contributed by atoms with E-state index >= 15 is 0 Å². The Morgan fingerprint density at radius 2 is 2.00 bits per heavy atom. The maximum absolute atomic E-state index is 11.9. The molecule has 0 unspecified atom stereocenters. The summed E-state index contributed by atoms with van der Waals surface area (Å²) in [5.41, 5.74) is 1.33. The Morgan fingerprint density at radius 1 is 1.33 bits per heavy atom. The van der Waals surface area contributed by atoms with E-state index in [1.54, 1.807) is 17.0 Å². The lowest BCUT2D eigenvalue weighted by atomic mass is 10.2. The molecule has 0 radical (unpaired) electrons. The minimum absolute atomic E-state index is 0.120. The van der Waals surface area contributed by atoms with Crippen molar-refractivity contribution in [1.29, 1.82) is 0 Å². The zero-order valence-electron chi connectivity index (χ0n) is 11.2. The molecule has 6 nitrogen and oxygen atoms in total. The monoisotopic (exact) mass is 306 g/mol. The summed E-state index contributed by atoms with van der Waals surface area (Å²) in [7, 11) is 0. The van der Waals surface area contributed by atoms with Crippen molar-refractivity contribution < 1.29 is 14.3 Å². The lowest BCUT2D eigenvalue weighted by Crippen LogP contribution is -2.39. The molecule has 2 aromatic rings. The molecule has 1 amide bonds. The third kappa shape index (κ3) is 4.00. The molecular formula is C14H13ClN3O3+. The van der Waals surface area contributed by atoms with Crippen LogP contribution in [0.25, 0.3) is 0 Å². The van der Waals surface area contributed by atoms with Gasteiger partial charge in [-0.1, -0.05) is 11.6 Å². The minimum Gasteiger partial charge on any atom is -0.319 e. The maximum atomic E-state index is 11.9. The highest BCUT2D eigenvalue weighted by Gasteiger charge is 2.14. The summed E-state index contributed by atoms with van der Waals surface area (Å²) >= 11 is 5.92. The highest BCUT2D eigenvalue weighted by molar-refractivity contribution is 6.33. The molecule has 0 saturated heterocycles. The molecular weight excluding hydrogens is 294 g/mol. The molecule has 7 heteroatoms. The summed E-state index contributed by atoms with van der Waals surface area (Å²) in [6, 6.07) is 7.70. The number of carbonyl (C=O) groups excluding carboxylic acids is 1. The van der Waals surface area contributed by atoms with Crippen LogP contribution in [0, 0.1) is 17.0 Å². The van der Waals surface area contributed by atoms with Crippen molar-refractivity contribution >= 4 is 28.9 Å². The molecule has 1 aromatic carbocycles. The third-order valence-electron chi connectivity index (χ3n) is 2.82. The molecule has 1 aromatic heterocycles. The van der Waals surface area contributed by atoms with Crippen LogP contribution in [0.15, 0.2) is 42.7 Å². The number of halogens is 1. The van der Waals surface area contributed by atoms with Crippen LogP contribution in [0.2, 0.25) is 5.02 Å². The molecule has 0 spiro atoms. The first kappa shape index (κ1) is 14.9. The Bertz CT molecular complexity index is 686. The van der Waals surface area contributed by atoms with E-state index in [0.717, 1.165) is 5.56 Å². The molecule has 1 N–H and O–H groups in total. The van der Waals surface area contributed by atoms with Gasteiger partial charge in [0, 0.05) is 24.3 Å². The Kier molecular flexibility index (Phi) is 4.49. The van der Waals surface area contributed by atoms with Crippen LogP contribution in [0.3, 0.4) is 0 Å². The second-order valence-corrected chi connectivity index (χ2v) is 4.92. The van der Waals surface area contributed by atoms with Gasteiger partial charge in [0.05, 0.1) is 15.6 Å². The summed E-state index contributed by atoms with van der Waals surface area (Å²) < 4.78 is 1.72. The number of aryl methyl sites for hydroxylation is 1. The normalized spacial score (nSPS) is 10.2. The number of nitro groups is 1. The number of benzene rings is 1. The molecule has 0 aliphatic carbocycles. The number of rotatable bonds is 4. The molecule has 2 rings (SSSR count). The first-order valence-electron chi connectivity index (χ1n) is 6.15. The van der Waals surface area contributed by atoms with E-state index < -0.39 is 4.92 Å². The van der Waals surface area contributed by atoms with Crippen molar-refractivity contribution in [3.8, 4) is 0 Å². The number of hydrogen-bond acceptors (Lipinski definition) is 3. The van der Waals surface area contributed by atoms with E-state index in [-0.39, 0.29) is 23.2 Å². The fourth-order valence-corrected chi connectivity index (χ4v) is 1.93. The van der Waals surface area contributed by atoms with E-state index in [2.05, 4.69) is 5.32 Å². The molecule has 1 heterocycles. The standard InChI is InChI=1S/C14H12ClN3O3/c1-10-4-6-17(7-5-10)9-14(19)16-13-3-2-11(18(20)21)8-12(13)15/h2-8H,9H2,1H3/p+1. The number of amides is 1. The van der Waals surface area contributed by atoms with E-state index in [1.807, 2.05) is 19.1 Å².